The van der Waals surface area contributed by atoms with E-state index >= 15 is 0 Å². The lowest BCUT2D eigenvalue weighted by Crippen LogP contribution is -2.30. The summed E-state index contributed by atoms with van der Waals surface area (Å²) in [6, 6.07) is 3.71. The Labute approximate surface area is 112 Å². The van der Waals surface area contributed by atoms with Gasteiger partial charge in [-0.2, -0.15) is 0 Å². The minimum atomic E-state index is -0.885. The van der Waals surface area contributed by atoms with Crippen molar-refractivity contribution in [1.82, 2.24) is 4.90 Å². The smallest absolute Gasteiger partial charge is 0.222 e. The molecule has 3 nitrogen and oxygen atoms in total. The number of carbonyl (C=O) groups is 1. The van der Waals surface area contributed by atoms with Crippen molar-refractivity contribution < 1.29 is 13.6 Å². The SMILES string of the molecule is CCN(Cc1ccc(F)c(F)c1)C(=O)CCCCN. The molecule has 0 radical (unpaired) electrons. The second-order valence-corrected chi connectivity index (χ2v) is 4.40. The van der Waals surface area contributed by atoms with Crippen LogP contribution in [0.1, 0.15) is 31.7 Å². The van der Waals surface area contributed by atoms with Crippen LogP contribution >= 0.6 is 0 Å². The minimum Gasteiger partial charge on any atom is -0.339 e. The molecule has 0 unspecified atom stereocenters. The zero-order valence-corrected chi connectivity index (χ0v) is 11.2. The molecule has 0 aliphatic heterocycles. The first kappa shape index (κ1) is 15.6. The van der Waals surface area contributed by atoms with Gasteiger partial charge in [-0.3, -0.25) is 4.79 Å². The van der Waals surface area contributed by atoms with Crippen LogP contribution < -0.4 is 5.73 Å². The van der Waals surface area contributed by atoms with Crippen molar-refractivity contribution in [3.05, 3.63) is 35.4 Å². The number of hydrogen-bond acceptors (Lipinski definition) is 2. The van der Waals surface area contributed by atoms with E-state index in [0.717, 1.165) is 25.0 Å². The van der Waals surface area contributed by atoms with E-state index in [9.17, 15) is 13.6 Å². The monoisotopic (exact) mass is 270 g/mol. The third-order valence-corrected chi connectivity index (χ3v) is 2.94. The fourth-order valence-electron chi connectivity index (χ4n) is 1.81. The Morgan fingerprint density at radius 2 is 2.00 bits per heavy atom. The quantitative estimate of drug-likeness (QED) is 0.774. The average Bonchev–Trinajstić information content (AvgIpc) is 2.40. The van der Waals surface area contributed by atoms with Gasteiger partial charge in [-0.15, -0.1) is 0 Å². The van der Waals surface area contributed by atoms with Crippen LogP contribution in [-0.4, -0.2) is 23.9 Å². The van der Waals surface area contributed by atoms with Crippen LogP contribution in [0.15, 0.2) is 18.2 Å². The second kappa shape index (κ2) is 7.84. The van der Waals surface area contributed by atoms with E-state index < -0.39 is 11.6 Å². The lowest BCUT2D eigenvalue weighted by atomic mass is 10.1. The molecule has 1 aromatic rings. The predicted molar refractivity (Wildman–Crippen MR) is 70.4 cm³/mol. The second-order valence-electron chi connectivity index (χ2n) is 4.40. The summed E-state index contributed by atoms with van der Waals surface area (Å²) in [6.07, 6.45) is 2.01. The Balaban J connectivity index is 2.60. The van der Waals surface area contributed by atoms with Crippen molar-refractivity contribution in [1.29, 1.82) is 0 Å². The van der Waals surface area contributed by atoms with E-state index in [-0.39, 0.29) is 5.91 Å². The van der Waals surface area contributed by atoms with Crippen LogP contribution in [0, 0.1) is 11.6 Å². The number of nitrogens with two attached hydrogens (primary N) is 1. The Morgan fingerprint density at radius 3 is 2.58 bits per heavy atom. The average molecular weight is 270 g/mol. The van der Waals surface area contributed by atoms with Gasteiger partial charge in [0, 0.05) is 19.5 Å². The maximum Gasteiger partial charge on any atom is 0.222 e. The standard InChI is InChI=1S/C14H20F2N2O/c1-2-18(14(19)5-3-4-8-17)10-11-6-7-12(15)13(16)9-11/h6-7,9H,2-5,8,10,17H2,1H3. The maximum absolute atomic E-state index is 13.1. The van der Waals surface area contributed by atoms with Gasteiger partial charge in [-0.25, -0.2) is 8.78 Å². The number of nitrogens with zero attached hydrogens (tertiary/aromatic N) is 1. The number of hydrogen-bond donors (Lipinski definition) is 1. The molecule has 0 atom stereocenters. The van der Waals surface area contributed by atoms with Crippen LogP contribution in [0.3, 0.4) is 0 Å². The predicted octanol–water partition coefficient (Wildman–Crippen LogP) is 2.44. The van der Waals surface area contributed by atoms with E-state index in [1.165, 1.54) is 6.07 Å². The van der Waals surface area contributed by atoms with Crippen LogP contribution in [0.25, 0.3) is 0 Å². The summed E-state index contributed by atoms with van der Waals surface area (Å²) < 4.78 is 25.9. The summed E-state index contributed by atoms with van der Waals surface area (Å²) in [4.78, 5) is 13.6. The van der Waals surface area contributed by atoms with Gasteiger partial charge >= 0.3 is 0 Å². The van der Waals surface area contributed by atoms with Crippen LogP contribution in [0.2, 0.25) is 0 Å². The van der Waals surface area contributed by atoms with Crippen molar-refractivity contribution in [2.75, 3.05) is 13.1 Å². The van der Waals surface area contributed by atoms with Gasteiger partial charge in [0.25, 0.3) is 0 Å². The maximum atomic E-state index is 13.1. The zero-order chi connectivity index (χ0) is 14.3. The molecule has 0 spiro atoms. The number of amides is 1. The fourth-order valence-corrected chi connectivity index (χ4v) is 1.81. The van der Waals surface area contributed by atoms with Gasteiger partial charge in [0.05, 0.1) is 0 Å². The Morgan fingerprint density at radius 1 is 1.26 bits per heavy atom. The summed E-state index contributed by atoms with van der Waals surface area (Å²) in [5.74, 6) is -1.74. The van der Waals surface area contributed by atoms with Crippen LogP contribution in [0.4, 0.5) is 8.78 Å². The number of rotatable bonds is 7. The lowest BCUT2D eigenvalue weighted by Gasteiger charge is -2.21. The summed E-state index contributed by atoms with van der Waals surface area (Å²) >= 11 is 0. The number of unbranched alkanes of at least 4 members (excludes halogenated alkanes) is 1. The summed E-state index contributed by atoms with van der Waals surface area (Å²) in [5, 5.41) is 0. The third kappa shape index (κ3) is 4.95. The first-order valence-electron chi connectivity index (χ1n) is 6.50. The van der Waals surface area contributed by atoms with Gasteiger partial charge < -0.3 is 10.6 Å². The van der Waals surface area contributed by atoms with Crippen molar-refractivity contribution in [3.8, 4) is 0 Å². The highest BCUT2D eigenvalue weighted by atomic mass is 19.2. The van der Waals surface area contributed by atoms with E-state index in [1.54, 1.807) is 4.90 Å². The molecule has 0 aromatic heterocycles. The summed E-state index contributed by atoms with van der Waals surface area (Å²) in [5.41, 5.74) is 5.97. The molecule has 19 heavy (non-hydrogen) atoms. The van der Waals surface area contributed by atoms with Gasteiger partial charge in [0.15, 0.2) is 11.6 Å². The molecule has 0 aliphatic carbocycles. The largest absolute Gasteiger partial charge is 0.339 e. The first-order valence-corrected chi connectivity index (χ1v) is 6.50. The molecule has 106 valence electrons. The fraction of sp³-hybridized carbons (Fsp3) is 0.500. The molecule has 0 bridgehead atoms. The molecule has 0 saturated carbocycles. The van der Waals surface area contributed by atoms with E-state index in [2.05, 4.69) is 0 Å². The zero-order valence-electron chi connectivity index (χ0n) is 11.2. The molecule has 0 saturated heterocycles. The lowest BCUT2D eigenvalue weighted by molar-refractivity contribution is -0.131. The molecule has 1 rings (SSSR count). The minimum absolute atomic E-state index is 0.0145. The van der Waals surface area contributed by atoms with Crippen molar-refractivity contribution in [2.24, 2.45) is 5.73 Å². The highest BCUT2D eigenvalue weighted by Gasteiger charge is 2.12. The van der Waals surface area contributed by atoms with E-state index in [4.69, 9.17) is 5.73 Å². The van der Waals surface area contributed by atoms with Gasteiger partial charge in [0.1, 0.15) is 0 Å². The molecular weight excluding hydrogens is 250 g/mol. The van der Waals surface area contributed by atoms with Gasteiger partial charge in [-0.1, -0.05) is 6.07 Å². The Hall–Kier alpha value is -1.49. The van der Waals surface area contributed by atoms with E-state index in [1.807, 2.05) is 6.92 Å². The molecule has 0 heterocycles. The third-order valence-electron chi connectivity index (χ3n) is 2.94. The molecule has 0 aliphatic rings. The molecular formula is C14H20F2N2O. The van der Waals surface area contributed by atoms with Crippen molar-refractivity contribution in [2.45, 2.75) is 32.7 Å². The normalized spacial score (nSPS) is 10.5. The number of halogens is 2. The molecule has 2 N–H and O–H groups in total. The molecule has 1 amide bonds. The van der Waals surface area contributed by atoms with Gasteiger partial charge in [0.2, 0.25) is 5.91 Å². The Kier molecular flexibility index (Phi) is 6.42. The highest BCUT2D eigenvalue weighted by molar-refractivity contribution is 5.76. The summed E-state index contributed by atoms with van der Waals surface area (Å²) in [6.45, 7) is 3.28. The van der Waals surface area contributed by atoms with Crippen LogP contribution in [0.5, 0.6) is 0 Å². The highest BCUT2D eigenvalue weighted by Crippen LogP contribution is 2.12. The number of benzene rings is 1. The van der Waals surface area contributed by atoms with Crippen molar-refractivity contribution >= 4 is 5.91 Å². The molecule has 0 fully saturated rings. The van der Waals surface area contributed by atoms with Crippen LogP contribution in [-0.2, 0) is 11.3 Å². The van der Waals surface area contributed by atoms with Gasteiger partial charge in [-0.05, 0) is 44.0 Å². The topological polar surface area (TPSA) is 46.3 Å². The summed E-state index contributed by atoms with van der Waals surface area (Å²) in [7, 11) is 0. The molecule has 1 aromatic carbocycles. The number of carbonyl (C=O) groups excluding carboxylic acids is 1. The van der Waals surface area contributed by atoms with E-state index in [0.29, 0.717) is 31.6 Å². The Bertz CT molecular complexity index is 424. The molecule has 5 heteroatoms. The first-order chi connectivity index (χ1) is 9.08. The van der Waals surface area contributed by atoms with Crippen molar-refractivity contribution in [3.63, 3.8) is 0 Å².